The van der Waals surface area contributed by atoms with Gasteiger partial charge in [-0.1, -0.05) is 6.92 Å². The van der Waals surface area contributed by atoms with E-state index in [4.69, 9.17) is 18.9 Å². The normalized spacial score (nSPS) is 32.9. The van der Waals surface area contributed by atoms with Gasteiger partial charge in [-0.05, 0) is 38.5 Å². The van der Waals surface area contributed by atoms with Crippen LogP contribution in [0.25, 0.3) is 0 Å². The van der Waals surface area contributed by atoms with E-state index < -0.39 is 0 Å². The number of carbonyl (C=O) groups excluding carboxylic acids is 1. The summed E-state index contributed by atoms with van der Waals surface area (Å²) in [5, 5.41) is 0. The lowest BCUT2D eigenvalue weighted by Crippen LogP contribution is -2.39. The van der Waals surface area contributed by atoms with Crippen molar-refractivity contribution in [2.75, 3.05) is 13.2 Å². The molecule has 1 heterocycles. The molecule has 1 fully saturated rings. The van der Waals surface area contributed by atoms with Gasteiger partial charge in [-0.3, -0.25) is 4.79 Å². The number of ether oxygens (including phenoxy) is 4. The maximum absolute atomic E-state index is 11.0. The Morgan fingerprint density at radius 3 is 2.90 bits per heavy atom. The number of hydrogen-bond donors (Lipinski definition) is 0. The van der Waals surface area contributed by atoms with Gasteiger partial charge < -0.3 is 18.9 Å². The second-order valence-corrected chi connectivity index (χ2v) is 5.88. The summed E-state index contributed by atoms with van der Waals surface area (Å²) in [6.45, 7) is 8.42. The molecule has 0 amide bonds. The fraction of sp³-hybridized carbons (Fsp3) is 0.812. The Hall–Kier alpha value is -1.07. The van der Waals surface area contributed by atoms with Gasteiger partial charge in [-0.15, -0.1) is 0 Å². The van der Waals surface area contributed by atoms with Crippen LogP contribution in [0, 0.1) is 17.8 Å². The summed E-state index contributed by atoms with van der Waals surface area (Å²) in [7, 11) is 0. The van der Waals surface area contributed by atoms with Gasteiger partial charge in [0, 0.05) is 25.0 Å². The van der Waals surface area contributed by atoms with Crippen molar-refractivity contribution >= 4 is 5.97 Å². The average molecular weight is 298 g/mol. The molecule has 2 rings (SSSR count). The van der Waals surface area contributed by atoms with Crippen LogP contribution >= 0.6 is 0 Å². The van der Waals surface area contributed by atoms with E-state index in [2.05, 4.69) is 6.92 Å². The Labute approximate surface area is 126 Å². The van der Waals surface area contributed by atoms with Crippen LogP contribution in [0.15, 0.2) is 11.8 Å². The molecular weight excluding hydrogens is 272 g/mol. The van der Waals surface area contributed by atoms with Gasteiger partial charge in [0.2, 0.25) is 6.29 Å². The molecule has 21 heavy (non-hydrogen) atoms. The molecule has 2 aliphatic rings. The lowest BCUT2D eigenvalue weighted by Gasteiger charge is -2.36. The third-order valence-electron chi connectivity index (χ3n) is 4.37. The maximum atomic E-state index is 11.0. The predicted molar refractivity (Wildman–Crippen MR) is 77.1 cm³/mol. The Kier molecular flexibility index (Phi) is 5.65. The summed E-state index contributed by atoms with van der Waals surface area (Å²) in [5.74, 6) is 0.923. The Morgan fingerprint density at radius 2 is 2.24 bits per heavy atom. The lowest BCUT2D eigenvalue weighted by molar-refractivity contribution is -0.250. The van der Waals surface area contributed by atoms with Crippen molar-refractivity contribution in [1.29, 1.82) is 0 Å². The molecule has 0 radical (unpaired) electrons. The molecule has 120 valence electrons. The second-order valence-electron chi connectivity index (χ2n) is 5.88. The summed E-state index contributed by atoms with van der Waals surface area (Å²) in [5.41, 5.74) is 1.06. The summed E-state index contributed by atoms with van der Waals surface area (Å²) in [6.07, 6.45) is 3.38. The highest BCUT2D eigenvalue weighted by Crippen LogP contribution is 2.46. The number of esters is 1. The van der Waals surface area contributed by atoms with E-state index in [0.29, 0.717) is 31.0 Å². The minimum atomic E-state index is -0.282. The molecule has 5 nitrogen and oxygen atoms in total. The molecule has 5 heteroatoms. The largest absolute Gasteiger partial charge is 0.472 e. The minimum Gasteiger partial charge on any atom is -0.472 e. The first kappa shape index (κ1) is 16.3. The lowest BCUT2D eigenvalue weighted by atomic mass is 9.84. The highest BCUT2D eigenvalue weighted by Gasteiger charge is 2.45. The van der Waals surface area contributed by atoms with E-state index in [1.54, 1.807) is 6.26 Å². The van der Waals surface area contributed by atoms with E-state index in [-0.39, 0.29) is 18.5 Å². The summed E-state index contributed by atoms with van der Waals surface area (Å²) in [6, 6.07) is 0. The van der Waals surface area contributed by atoms with E-state index in [9.17, 15) is 4.79 Å². The van der Waals surface area contributed by atoms with E-state index >= 15 is 0 Å². The van der Waals surface area contributed by atoms with E-state index in [0.717, 1.165) is 18.4 Å². The smallest absolute Gasteiger partial charge is 0.302 e. The molecule has 1 saturated carbocycles. The zero-order valence-electron chi connectivity index (χ0n) is 13.3. The Bertz CT molecular complexity index is 392. The summed E-state index contributed by atoms with van der Waals surface area (Å²) < 4.78 is 22.2. The van der Waals surface area contributed by atoms with Crippen LogP contribution in [-0.2, 0) is 23.7 Å². The fourth-order valence-electron chi connectivity index (χ4n) is 3.36. The minimum absolute atomic E-state index is 0.262. The molecule has 0 bridgehead atoms. The molecule has 0 aromatic carbocycles. The molecule has 0 spiro atoms. The van der Waals surface area contributed by atoms with Gasteiger partial charge in [0.1, 0.15) is 6.61 Å². The monoisotopic (exact) mass is 298 g/mol. The molecular formula is C16H26O5. The zero-order chi connectivity index (χ0) is 15.4. The van der Waals surface area contributed by atoms with Crippen molar-refractivity contribution in [2.24, 2.45) is 17.8 Å². The average Bonchev–Trinajstić information content (AvgIpc) is 2.81. The third kappa shape index (κ3) is 3.98. The summed E-state index contributed by atoms with van der Waals surface area (Å²) in [4.78, 5) is 11.0. The van der Waals surface area contributed by atoms with E-state index in [1.807, 2.05) is 13.8 Å². The van der Waals surface area contributed by atoms with Crippen LogP contribution in [0.3, 0.4) is 0 Å². The van der Waals surface area contributed by atoms with Crippen molar-refractivity contribution in [3.05, 3.63) is 11.8 Å². The molecule has 0 saturated heterocycles. The van der Waals surface area contributed by atoms with Gasteiger partial charge in [-0.25, -0.2) is 0 Å². The molecule has 1 aliphatic heterocycles. The van der Waals surface area contributed by atoms with Crippen LogP contribution in [0.1, 0.15) is 40.5 Å². The molecule has 5 atom stereocenters. The first-order chi connectivity index (χ1) is 10.0. The van der Waals surface area contributed by atoms with Gasteiger partial charge in [-0.2, -0.15) is 0 Å². The quantitative estimate of drug-likeness (QED) is 0.557. The van der Waals surface area contributed by atoms with Crippen LogP contribution < -0.4 is 0 Å². The maximum Gasteiger partial charge on any atom is 0.302 e. The first-order valence-corrected chi connectivity index (χ1v) is 7.77. The number of fused-ring (bicyclic) bond motifs is 1. The molecule has 0 aromatic rings. The van der Waals surface area contributed by atoms with Gasteiger partial charge in [0.25, 0.3) is 0 Å². The molecule has 1 unspecified atom stereocenters. The van der Waals surface area contributed by atoms with Crippen molar-refractivity contribution in [3.8, 4) is 0 Å². The third-order valence-corrected chi connectivity index (χ3v) is 4.37. The Balaban J connectivity index is 2.03. The second kappa shape index (κ2) is 7.27. The van der Waals surface area contributed by atoms with Gasteiger partial charge in [0.05, 0.1) is 6.26 Å². The summed E-state index contributed by atoms with van der Waals surface area (Å²) >= 11 is 0. The van der Waals surface area contributed by atoms with Crippen LogP contribution in [-0.4, -0.2) is 31.8 Å². The zero-order valence-corrected chi connectivity index (χ0v) is 13.3. The standard InChI is InChI=1S/C16H26O5/c1-5-18-12(4)21-16-15-10(2)6-7-14(15)13(9-20-16)8-19-11(3)17/h9-10,12,14-16H,5-8H2,1-4H3/t10-,12?,14-,15-,16+/m1/s1. The predicted octanol–water partition coefficient (Wildman–Crippen LogP) is 2.85. The van der Waals surface area contributed by atoms with Crippen molar-refractivity contribution in [2.45, 2.75) is 53.1 Å². The number of carbonyl (C=O) groups is 1. The first-order valence-electron chi connectivity index (χ1n) is 7.77. The van der Waals surface area contributed by atoms with Gasteiger partial charge >= 0.3 is 5.97 Å². The topological polar surface area (TPSA) is 54.0 Å². The van der Waals surface area contributed by atoms with Gasteiger partial charge in [0.15, 0.2) is 6.29 Å². The Morgan fingerprint density at radius 1 is 1.48 bits per heavy atom. The van der Waals surface area contributed by atoms with Crippen molar-refractivity contribution in [3.63, 3.8) is 0 Å². The van der Waals surface area contributed by atoms with Crippen LogP contribution in [0.4, 0.5) is 0 Å². The fourth-order valence-corrected chi connectivity index (χ4v) is 3.36. The number of hydrogen-bond acceptors (Lipinski definition) is 5. The molecule has 0 aromatic heterocycles. The van der Waals surface area contributed by atoms with E-state index in [1.165, 1.54) is 6.92 Å². The highest BCUT2D eigenvalue weighted by atomic mass is 16.8. The molecule has 1 aliphatic carbocycles. The highest BCUT2D eigenvalue weighted by molar-refractivity contribution is 5.66. The van der Waals surface area contributed by atoms with Crippen LogP contribution in [0.2, 0.25) is 0 Å². The SMILES string of the molecule is CCOC(C)O[C@@H]1OC=C(COC(C)=O)[C@H]2CC[C@@H](C)[C@@H]12. The van der Waals surface area contributed by atoms with Crippen molar-refractivity contribution < 1.29 is 23.7 Å². The number of rotatable bonds is 6. The van der Waals surface area contributed by atoms with Crippen molar-refractivity contribution in [1.82, 2.24) is 0 Å². The van der Waals surface area contributed by atoms with Crippen LogP contribution in [0.5, 0.6) is 0 Å². The molecule has 0 N–H and O–H groups in total.